The molecule has 3 rings (SSSR count). The highest BCUT2D eigenvalue weighted by Gasteiger charge is 2.32. The molecule has 0 bridgehead atoms. The van der Waals surface area contributed by atoms with E-state index in [1.807, 2.05) is 24.8 Å². The van der Waals surface area contributed by atoms with Gasteiger partial charge >= 0.3 is 0 Å². The molecular weight excluding hydrogens is 282 g/mol. The number of amides is 1. The first-order valence-electron chi connectivity index (χ1n) is 7.34. The van der Waals surface area contributed by atoms with E-state index in [0.29, 0.717) is 22.4 Å². The molecule has 0 saturated carbocycles. The number of nitrogen functional groups attached to an aromatic ring is 1. The van der Waals surface area contributed by atoms with Gasteiger partial charge in [0.05, 0.1) is 5.69 Å². The fourth-order valence-corrected chi connectivity index (χ4v) is 4.25. The Bertz CT molecular complexity index is 712. The third-order valence-electron chi connectivity index (χ3n) is 4.49. The molecule has 1 saturated heterocycles. The van der Waals surface area contributed by atoms with Gasteiger partial charge in [-0.2, -0.15) is 0 Å². The van der Waals surface area contributed by atoms with Crippen molar-refractivity contribution in [3.05, 3.63) is 22.2 Å². The Hall–Kier alpha value is -1.62. The van der Waals surface area contributed by atoms with Gasteiger partial charge in [-0.25, -0.2) is 4.98 Å². The zero-order valence-electron chi connectivity index (χ0n) is 12.9. The normalized spacial score (nSPS) is 22.2. The largest absolute Gasteiger partial charge is 0.397 e. The number of aromatic nitrogens is 1. The maximum absolute atomic E-state index is 12.8. The van der Waals surface area contributed by atoms with Gasteiger partial charge in [-0.1, -0.05) is 13.8 Å². The van der Waals surface area contributed by atoms with E-state index < -0.39 is 0 Å². The van der Waals surface area contributed by atoms with Crippen LogP contribution in [0.3, 0.4) is 0 Å². The first-order chi connectivity index (χ1) is 9.88. The molecule has 1 aliphatic rings. The summed E-state index contributed by atoms with van der Waals surface area (Å²) in [4.78, 5) is 20.7. The lowest BCUT2D eigenvalue weighted by Crippen LogP contribution is -2.28. The molecule has 0 aliphatic carbocycles. The van der Waals surface area contributed by atoms with E-state index in [9.17, 15) is 4.79 Å². The number of nitrogens with two attached hydrogens (primary N) is 1. The summed E-state index contributed by atoms with van der Waals surface area (Å²) in [6.07, 6.45) is 0. The number of carbonyl (C=O) groups excluding carboxylic acids is 1. The van der Waals surface area contributed by atoms with E-state index in [1.54, 1.807) is 0 Å². The van der Waals surface area contributed by atoms with Gasteiger partial charge in [0.15, 0.2) is 0 Å². The van der Waals surface area contributed by atoms with Crippen LogP contribution in [0.4, 0.5) is 5.69 Å². The number of thiophene rings is 1. The number of hydrogen-bond acceptors (Lipinski definition) is 4. The summed E-state index contributed by atoms with van der Waals surface area (Å²) in [5.74, 6) is 1.15. The van der Waals surface area contributed by atoms with Crippen molar-refractivity contribution in [1.29, 1.82) is 0 Å². The maximum Gasteiger partial charge on any atom is 0.266 e. The first kappa shape index (κ1) is 14.3. The van der Waals surface area contributed by atoms with Crippen LogP contribution in [0, 0.1) is 25.7 Å². The number of aryl methyl sites for hydroxylation is 2. The van der Waals surface area contributed by atoms with Crippen molar-refractivity contribution in [3.63, 3.8) is 0 Å². The predicted octanol–water partition coefficient (Wildman–Crippen LogP) is 3.22. The molecule has 5 heteroatoms. The third kappa shape index (κ3) is 2.29. The van der Waals surface area contributed by atoms with Crippen molar-refractivity contribution in [2.24, 2.45) is 11.8 Å². The summed E-state index contributed by atoms with van der Waals surface area (Å²) >= 11 is 1.42. The van der Waals surface area contributed by atoms with Gasteiger partial charge in [0.1, 0.15) is 9.71 Å². The van der Waals surface area contributed by atoms with Crippen molar-refractivity contribution in [1.82, 2.24) is 9.88 Å². The molecule has 1 aliphatic heterocycles. The van der Waals surface area contributed by atoms with Crippen molar-refractivity contribution >= 4 is 33.1 Å². The van der Waals surface area contributed by atoms with Gasteiger partial charge < -0.3 is 10.6 Å². The molecule has 2 N–H and O–H groups in total. The highest BCUT2D eigenvalue weighted by molar-refractivity contribution is 7.21. The molecule has 2 atom stereocenters. The predicted molar refractivity (Wildman–Crippen MR) is 87.7 cm³/mol. The SMILES string of the molecule is Cc1cc(C)c2c(N)c(C(=O)N3CC(C)C(C)C3)sc2n1. The molecule has 2 aromatic rings. The van der Waals surface area contributed by atoms with Crippen LogP contribution in [0.15, 0.2) is 6.07 Å². The Morgan fingerprint density at radius 3 is 2.57 bits per heavy atom. The highest BCUT2D eigenvalue weighted by Crippen LogP contribution is 2.36. The second kappa shape index (κ2) is 4.98. The topological polar surface area (TPSA) is 59.2 Å². The molecule has 2 aromatic heterocycles. The molecule has 0 radical (unpaired) electrons. The molecular formula is C16H21N3OS. The number of rotatable bonds is 1. The van der Waals surface area contributed by atoms with Crippen LogP contribution in [0.1, 0.15) is 34.8 Å². The van der Waals surface area contributed by atoms with Crippen molar-refractivity contribution in [2.45, 2.75) is 27.7 Å². The molecule has 21 heavy (non-hydrogen) atoms. The van der Waals surface area contributed by atoms with Crippen LogP contribution < -0.4 is 5.73 Å². The Morgan fingerprint density at radius 2 is 1.95 bits per heavy atom. The van der Waals surface area contributed by atoms with Crippen LogP contribution >= 0.6 is 11.3 Å². The Balaban J connectivity index is 2.03. The molecule has 3 heterocycles. The first-order valence-corrected chi connectivity index (χ1v) is 8.15. The van der Waals surface area contributed by atoms with Gasteiger partial charge in [0, 0.05) is 24.2 Å². The van der Waals surface area contributed by atoms with Crippen LogP contribution in [0.25, 0.3) is 10.2 Å². The van der Waals surface area contributed by atoms with E-state index in [1.165, 1.54) is 11.3 Å². The number of anilines is 1. The Morgan fingerprint density at radius 1 is 1.33 bits per heavy atom. The minimum atomic E-state index is 0.0590. The second-order valence-corrected chi connectivity index (χ2v) is 7.27. The fraction of sp³-hybridized carbons (Fsp3) is 0.500. The molecule has 1 amide bonds. The Kier molecular flexibility index (Phi) is 3.40. The quantitative estimate of drug-likeness (QED) is 0.880. The molecule has 1 fully saturated rings. The summed E-state index contributed by atoms with van der Waals surface area (Å²) < 4.78 is 0. The van der Waals surface area contributed by atoms with Gasteiger partial charge in [0.25, 0.3) is 5.91 Å². The number of hydrogen-bond donors (Lipinski definition) is 1. The summed E-state index contributed by atoms with van der Waals surface area (Å²) in [6, 6.07) is 2.01. The van der Waals surface area contributed by atoms with Crippen molar-refractivity contribution in [2.75, 3.05) is 18.8 Å². The highest BCUT2D eigenvalue weighted by atomic mass is 32.1. The maximum atomic E-state index is 12.8. The zero-order chi connectivity index (χ0) is 15.3. The van der Waals surface area contributed by atoms with E-state index in [0.717, 1.165) is 34.6 Å². The van der Waals surface area contributed by atoms with Crippen molar-refractivity contribution in [3.8, 4) is 0 Å². The van der Waals surface area contributed by atoms with Crippen LogP contribution in [0.2, 0.25) is 0 Å². The van der Waals surface area contributed by atoms with E-state index in [4.69, 9.17) is 5.73 Å². The Labute approximate surface area is 129 Å². The molecule has 0 aromatic carbocycles. The van der Waals surface area contributed by atoms with E-state index in [-0.39, 0.29) is 5.91 Å². The van der Waals surface area contributed by atoms with Crippen LogP contribution in [-0.2, 0) is 0 Å². The lowest BCUT2D eigenvalue weighted by Gasteiger charge is -2.15. The summed E-state index contributed by atoms with van der Waals surface area (Å²) in [5, 5.41) is 0.939. The van der Waals surface area contributed by atoms with Gasteiger partial charge in [-0.05, 0) is 37.3 Å². The summed E-state index contributed by atoms with van der Waals surface area (Å²) in [6.45, 7) is 10.0. The van der Waals surface area contributed by atoms with Crippen LogP contribution in [-0.4, -0.2) is 28.9 Å². The lowest BCUT2D eigenvalue weighted by atomic mass is 10.0. The number of likely N-dealkylation sites (tertiary alicyclic amines) is 1. The number of nitrogens with zero attached hydrogens (tertiary/aromatic N) is 2. The van der Waals surface area contributed by atoms with Crippen molar-refractivity contribution < 1.29 is 4.79 Å². The average molecular weight is 303 g/mol. The third-order valence-corrected chi connectivity index (χ3v) is 5.58. The lowest BCUT2D eigenvalue weighted by molar-refractivity contribution is 0.0791. The molecule has 112 valence electrons. The smallest absolute Gasteiger partial charge is 0.266 e. The standard InChI is InChI=1S/C16H21N3OS/c1-8-5-11(4)18-15-12(8)13(17)14(21-15)16(20)19-6-9(2)10(3)7-19/h5,9-10H,6-7,17H2,1-4H3. The number of fused-ring (bicyclic) bond motifs is 1. The number of pyridine rings is 1. The zero-order valence-corrected chi connectivity index (χ0v) is 13.8. The minimum absolute atomic E-state index is 0.0590. The van der Waals surface area contributed by atoms with Gasteiger partial charge in [-0.3, -0.25) is 4.79 Å². The minimum Gasteiger partial charge on any atom is -0.397 e. The van der Waals surface area contributed by atoms with E-state index >= 15 is 0 Å². The average Bonchev–Trinajstić information content (AvgIpc) is 2.90. The number of carbonyl (C=O) groups is 1. The molecule has 2 unspecified atom stereocenters. The fourth-order valence-electron chi connectivity index (χ4n) is 3.07. The molecule has 4 nitrogen and oxygen atoms in total. The monoisotopic (exact) mass is 303 g/mol. The summed E-state index contributed by atoms with van der Waals surface area (Å²) in [5.41, 5.74) is 8.90. The summed E-state index contributed by atoms with van der Waals surface area (Å²) in [7, 11) is 0. The molecule has 0 spiro atoms. The van der Waals surface area contributed by atoms with Crippen LogP contribution in [0.5, 0.6) is 0 Å². The van der Waals surface area contributed by atoms with Gasteiger partial charge in [0.2, 0.25) is 0 Å². The van der Waals surface area contributed by atoms with Gasteiger partial charge in [-0.15, -0.1) is 11.3 Å². The second-order valence-electron chi connectivity index (χ2n) is 6.27. The van der Waals surface area contributed by atoms with E-state index in [2.05, 4.69) is 18.8 Å².